The number of hydrogen-bond acceptors (Lipinski definition) is 5. The highest BCUT2D eigenvalue weighted by Crippen LogP contribution is 2.26. The molecule has 1 fully saturated rings. The van der Waals surface area contributed by atoms with Crippen LogP contribution in [0.4, 0.5) is 5.82 Å². The van der Waals surface area contributed by atoms with Crippen molar-refractivity contribution in [1.82, 2.24) is 9.97 Å². The van der Waals surface area contributed by atoms with Crippen LogP contribution < -0.4 is 11.5 Å². The van der Waals surface area contributed by atoms with Gasteiger partial charge in [-0.25, -0.2) is 15.0 Å². The molecule has 0 aromatic carbocycles. The number of allylic oxidation sites excluding steroid dienone is 1. The smallest absolute Gasteiger partial charge is 0.173 e. The fraction of sp³-hybridized carbons (Fsp3) is 0.632. The highest BCUT2D eigenvalue weighted by molar-refractivity contribution is 5.93. The zero-order valence-corrected chi connectivity index (χ0v) is 16.1. The first kappa shape index (κ1) is 18.8. The van der Waals surface area contributed by atoms with Gasteiger partial charge in [0.05, 0.1) is 38.6 Å². The first-order valence-corrected chi connectivity index (χ1v) is 9.42. The summed E-state index contributed by atoms with van der Waals surface area (Å²) in [6, 6.07) is 0. The van der Waals surface area contributed by atoms with Gasteiger partial charge in [0.15, 0.2) is 5.82 Å². The Kier molecular flexibility index (Phi) is 5.58. The minimum Gasteiger partial charge on any atom is -0.402 e. The van der Waals surface area contributed by atoms with Gasteiger partial charge in [0.2, 0.25) is 0 Å². The van der Waals surface area contributed by atoms with Gasteiger partial charge >= 0.3 is 0 Å². The summed E-state index contributed by atoms with van der Waals surface area (Å²) >= 11 is 0. The predicted molar refractivity (Wildman–Crippen MR) is 103 cm³/mol. The number of hydrogen-bond donors (Lipinski definition) is 2. The number of quaternary nitrogens is 1. The SMILES string of the molecule is CC(C)/C(N)=C/C(N)=N\c1cnc2c(n1)CC[N+](C)(CC1CCOC1)C2. The van der Waals surface area contributed by atoms with E-state index in [2.05, 4.69) is 22.0 Å². The molecular formula is C19H31N6O+. The van der Waals surface area contributed by atoms with E-state index in [4.69, 9.17) is 16.2 Å². The van der Waals surface area contributed by atoms with Gasteiger partial charge in [-0.3, -0.25) is 0 Å². The monoisotopic (exact) mass is 359 g/mol. The van der Waals surface area contributed by atoms with Crippen LogP contribution in [0, 0.1) is 11.8 Å². The molecule has 0 spiro atoms. The predicted octanol–water partition coefficient (Wildman–Crippen LogP) is 1.50. The van der Waals surface area contributed by atoms with Gasteiger partial charge in [0.1, 0.15) is 18.1 Å². The molecule has 4 N–H and O–H groups in total. The third kappa shape index (κ3) is 4.59. The second-order valence-electron chi connectivity index (χ2n) is 8.12. The quantitative estimate of drug-likeness (QED) is 0.471. The molecule has 2 unspecified atom stereocenters. The Morgan fingerprint density at radius 1 is 1.42 bits per heavy atom. The van der Waals surface area contributed by atoms with Crippen LogP contribution >= 0.6 is 0 Å². The van der Waals surface area contributed by atoms with Crippen LogP contribution in [-0.4, -0.2) is 53.6 Å². The minimum absolute atomic E-state index is 0.235. The van der Waals surface area contributed by atoms with Gasteiger partial charge in [-0.2, -0.15) is 0 Å². The number of nitrogens with two attached hydrogens (primary N) is 2. The molecule has 0 saturated carbocycles. The highest BCUT2D eigenvalue weighted by atomic mass is 16.5. The molecule has 2 atom stereocenters. The van der Waals surface area contributed by atoms with E-state index in [1.807, 2.05) is 13.8 Å². The molecule has 1 aromatic rings. The summed E-state index contributed by atoms with van der Waals surface area (Å²) < 4.78 is 6.54. The van der Waals surface area contributed by atoms with E-state index in [1.54, 1.807) is 12.3 Å². The number of rotatable bonds is 5. The highest BCUT2D eigenvalue weighted by Gasteiger charge is 2.34. The Labute approximate surface area is 155 Å². The van der Waals surface area contributed by atoms with Crippen LogP contribution in [0.25, 0.3) is 0 Å². The standard InChI is InChI=1S/C19H31N6O/c1-13(2)15(20)8-18(21)24-19-9-22-17-11-25(3,6-4-16(17)23-19)10-14-5-7-26-12-14/h8-9,13-14H,4-7,10-12,20H2,1-3H3,(H2,21,23,24)/q+1/b15-8-. The first-order chi connectivity index (χ1) is 12.3. The van der Waals surface area contributed by atoms with Crippen LogP contribution in [0.2, 0.25) is 0 Å². The topological polar surface area (TPSA) is 99.4 Å². The molecule has 26 heavy (non-hydrogen) atoms. The summed E-state index contributed by atoms with van der Waals surface area (Å²) in [5.74, 6) is 1.81. The van der Waals surface area contributed by atoms with Crippen LogP contribution in [0.5, 0.6) is 0 Å². The Hall–Kier alpha value is -1.99. The second-order valence-corrected chi connectivity index (χ2v) is 8.12. The number of ether oxygens (including phenoxy) is 1. The fourth-order valence-corrected chi connectivity index (χ4v) is 3.65. The maximum absolute atomic E-state index is 5.97. The third-order valence-corrected chi connectivity index (χ3v) is 5.29. The molecule has 3 heterocycles. The average Bonchev–Trinajstić information content (AvgIpc) is 3.07. The number of likely N-dealkylation sites (N-methyl/N-ethyl adjacent to an activating group) is 1. The zero-order chi connectivity index (χ0) is 18.7. The van der Waals surface area contributed by atoms with E-state index in [0.717, 1.165) is 55.1 Å². The van der Waals surface area contributed by atoms with Crippen molar-refractivity contribution in [2.75, 3.05) is 33.4 Å². The summed E-state index contributed by atoms with van der Waals surface area (Å²) in [4.78, 5) is 13.7. The molecule has 0 aliphatic carbocycles. The van der Waals surface area contributed by atoms with E-state index in [-0.39, 0.29) is 5.92 Å². The maximum Gasteiger partial charge on any atom is 0.173 e. The Bertz CT molecular complexity index is 708. The van der Waals surface area contributed by atoms with E-state index < -0.39 is 0 Å². The molecule has 0 amide bonds. The van der Waals surface area contributed by atoms with Crippen molar-refractivity contribution in [2.24, 2.45) is 28.3 Å². The Morgan fingerprint density at radius 2 is 2.23 bits per heavy atom. The molecule has 1 saturated heterocycles. The number of aliphatic imine (C=N–C) groups is 1. The van der Waals surface area contributed by atoms with Crippen LogP contribution in [-0.2, 0) is 17.7 Å². The second kappa shape index (κ2) is 7.72. The van der Waals surface area contributed by atoms with Crippen molar-refractivity contribution in [3.8, 4) is 0 Å². The number of aromatic nitrogens is 2. The van der Waals surface area contributed by atoms with Gasteiger partial charge in [-0.1, -0.05) is 13.8 Å². The molecule has 7 heteroatoms. The lowest BCUT2D eigenvalue weighted by Gasteiger charge is -2.39. The maximum atomic E-state index is 5.97. The molecule has 2 aliphatic heterocycles. The van der Waals surface area contributed by atoms with Crippen molar-refractivity contribution < 1.29 is 9.22 Å². The van der Waals surface area contributed by atoms with Gasteiger partial charge < -0.3 is 20.7 Å². The van der Waals surface area contributed by atoms with Crippen LogP contribution in [0.1, 0.15) is 31.7 Å². The molecule has 2 aliphatic rings. The van der Waals surface area contributed by atoms with Crippen molar-refractivity contribution in [3.05, 3.63) is 29.4 Å². The molecule has 0 bridgehead atoms. The Morgan fingerprint density at radius 3 is 2.92 bits per heavy atom. The van der Waals surface area contributed by atoms with Crippen LogP contribution in [0.15, 0.2) is 23.0 Å². The molecule has 142 valence electrons. The van der Waals surface area contributed by atoms with E-state index >= 15 is 0 Å². The number of fused-ring (bicyclic) bond motifs is 1. The van der Waals surface area contributed by atoms with Gasteiger partial charge in [0.25, 0.3) is 0 Å². The number of amidine groups is 1. The minimum atomic E-state index is 0.235. The lowest BCUT2D eigenvalue weighted by molar-refractivity contribution is -0.927. The summed E-state index contributed by atoms with van der Waals surface area (Å²) in [5.41, 5.74) is 14.7. The third-order valence-electron chi connectivity index (χ3n) is 5.29. The van der Waals surface area contributed by atoms with Gasteiger partial charge in [-0.15, -0.1) is 0 Å². The fourth-order valence-electron chi connectivity index (χ4n) is 3.65. The summed E-state index contributed by atoms with van der Waals surface area (Å²) in [6.45, 7) is 8.97. The first-order valence-electron chi connectivity index (χ1n) is 9.42. The largest absolute Gasteiger partial charge is 0.402 e. The molecular weight excluding hydrogens is 328 g/mol. The molecule has 0 radical (unpaired) electrons. The summed E-state index contributed by atoms with van der Waals surface area (Å²) in [5, 5.41) is 0. The van der Waals surface area contributed by atoms with Crippen molar-refractivity contribution in [2.45, 2.75) is 33.2 Å². The van der Waals surface area contributed by atoms with Gasteiger partial charge in [0, 0.05) is 24.6 Å². The van der Waals surface area contributed by atoms with E-state index in [0.29, 0.717) is 23.3 Å². The van der Waals surface area contributed by atoms with Crippen molar-refractivity contribution in [3.63, 3.8) is 0 Å². The van der Waals surface area contributed by atoms with Crippen LogP contribution in [0.3, 0.4) is 0 Å². The lowest BCUT2D eigenvalue weighted by atomic mass is 10.0. The lowest BCUT2D eigenvalue weighted by Crippen LogP contribution is -2.50. The number of nitrogens with zero attached hydrogens (tertiary/aromatic N) is 4. The average molecular weight is 359 g/mol. The molecule has 3 rings (SSSR count). The molecule has 7 nitrogen and oxygen atoms in total. The van der Waals surface area contributed by atoms with E-state index in [9.17, 15) is 0 Å². The summed E-state index contributed by atoms with van der Waals surface area (Å²) in [7, 11) is 2.31. The van der Waals surface area contributed by atoms with Crippen molar-refractivity contribution >= 4 is 11.7 Å². The van der Waals surface area contributed by atoms with E-state index in [1.165, 1.54) is 6.42 Å². The normalized spacial score (nSPS) is 27.0. The zero-order valence-electron chi connectivity index (χ0n) is 16.1. The van der Waals surface area contributed by atoms with Crippen molar-refractivity contribution in [1.29, 1.82) is 0 Å². The Balaban J connectivity index is 1.71. The summed E-state index contributed by atoms with van der Waals surface area (Å²) in [6.07, 6.45) is 5.49. The van der Waals surface area contributed by atoms with Gasteiger partial charge in [-0.05, 0) is 18.4 Å². The molecule has 1 aromatic heterocycles.